The molecule has 26 heavy (non-hydrogen) atoms. The smallest absolute Gasteiger partial charge is 0.253 e. The van der Waals surface area contributed by atoms with Crippen LogP contribution in [-0.2, 0) is 0 Å². The van der Waals surface area contributed by atoms with Crippen molar-refractivity contribution >= 4 is 17.2 Å². The van der Waals surface area contributed by atoms with Crippen molar-refractivity contribution in [3.8, 4) is 16.1 Å². The van der Waals surface area contributed by atoms with Crippen molar-refractivity contribution in [2.45, 2.75) is 32.6 Å². The molecule has 3 aromatic rings. The number of thiophene rings is 1. The molecule has 0 saturated carbocycles. The quantitative estimate of drug-likeness (QED) is 0.708. The van der Waals surface area contributed by atoms with Crippen molar-refractivity contribution in [2.24, 2.45) is 0 Å². The number of nitrogens with zero attached hydrogens (tertiary/aromatic N) is 5. The molecule has 0 spiro atoms. The number of carbonyl (C=O) groups is 1. The van der Waals surface area contributed by atoms with E-state index in [1.165, 1.54) is 18.4 Å². The summed E-state index contributed by atoms with van der Waals surface area (Å²) in [5.74, 6) is 0.0938. The molecule has 0 unspecified atom stereocenters. The first-order chi connectivity index (χ1) is 12.7. The number of rotatable bonds is 3. The molecule has 0 radical (unpaired) electrons. The van der Waals surface area contributed by atoms with Crippen molar-refractivity contribution in [3.63, 3.8) is 0 Å². The van der Waals surface area contributed by atoms with Gasteiger partial charge >= 0.3 is 0 Å². The Labute approximate surface area is 156 Å². The van der Waals surface area contributed by atoms with E-state index in [0.717, 1.165) is 42.1 Å². The average molecular weight is 367 g/mol. The second-order valence-electron chi connectivity index (χ2n) is 6.72. The van der Waals surface area contributed by atoms with Crippen LogP contribution in [0.5, 0.6) is 0 Å². The topological polar surface area (TPSA) is 63.9 Å². The van der Waals surface area contributed by atoms with Crippen molar-refractivity contribution in [2.75, 3.05) is 13.1 Å². The van der Waals surface area contributed by atoms with E-state index in [2.05, 4.69) is 33.9 Å². The molecular formula is C19H21N5OS. The Kier molecular flexibility index (Phi) is 4.79. The summed E-state index contributed by atoms with van der Waals surface area (Å²) in [5, 5.41) is 13.6. The summed E-state index contributed by atoms with van der Waals surface area (Å²) in [4.78, 5) is 16.3. The molecule has 0 atom stereocenters. The highest BCUT2D eigenvalue weighted by molar-refractivity contribution is 7.13. The van der Waals surface area contributed by atoms with E-state index in [1.54, 1.807) is 22.3 Å². The van der Waals surface area contributed by atoms with E-state index in [-0.39, 0.29) is 5.91 Å². The number of benzene rings is 1. The van der Waals surface area contributed by atoms with Gasteiger partial charge in [0, 0.05) is 23.5 Å². The lowest BCUT2D eigenvalue weighted by molar-refractivity contribution is 0.0761. The van der Waals surface area contributed by atoms with Crippen LogP contribution in [0.25, 0.3) is 16.1 Å². The highest BCUT2D eigenvalue weighted by Gasteiger charge is 2.19. The fourth-order valence-electron chi connectivity index (χ4n) is 3.33. The van der Waals surface area contributed by atoms with E-state index >= 15 is 0 Å². The normalized spacial score (nSPS) is 15.0. The van der Waals surface area contributed by atoms with Crippen LogP contribution >= 0.6 is 11.3 Å². The Balaban J connectivity index is 1.75. The second-order valence-corrected chi connectivity index (χ2v) is 7.63. The van der Waals surface area contributed by atoms with Gasteiger partial charge in [0.25, 0.3) is 5.91 Å². The Bertz CT molecular complexity index is 895. The molecular weight excluding hydrogens is 346 g/mol. The molecule has 1 aliphatic rings. The van der Waals surface area contributed by atoms with Gasteiger partial charge in [0.05, 0.1) is 5.69 Å². The third-order valence-electron chi connectivity index (χ3n) is 4.69. The van der Waals surface area contributed by atoms with Crippen LogP contribution in [0.4, 0.5) is 0 Å². The predicted molar refractivity (Wildman–Crippen MR) is 102 cm³/mol. The molecule has 6 nitrogen and oxygen atoms in total. The zero-order valence-electron chi connectivity index (χ0n) is 14.8. The number of aryl methyl sites for hydroxylation is 1. The molecule has 1 aliphatic heterocycles. The van der Waals surface area contributed by atoms with E-state index in [0.29, 0.717) is 5.56 Å². The highest BCUT2D eigenvalue weighted by atomic mass is 32.1. The fourth-order valence-corrected chi connectivity index (χ4v) is 4.22. The maximum Gasteiger partial charge on any atom is 0.253 e. The summed E-state index contributed by atoms with van der Waals surface area (Å²) in [5.41, 5.74) is 3.74. The minimum Gasteiger partial charge on any atom is -0.339 e. The van der Waals surface area contributed by atoms with Crippen LogP contribution in [0.2, 0.25) is 0 Å². The first-order valence-corrected chi connectivity index (χ1v) is 9.82. The van der Waals surface area contributed by atoms with Gasteiger partial charge in [0.1, 0.15) is 6.33 Å². The number of tetrazole rings is 1. The van der Waals surface area contributed by atoms with Gasteiger partial charge in [-0.3, -0.25) is 4.79 Å². The molecule has 7 heteroatoms. The number of aromatic nitrogens is 4. The molecule has 0 N–H and O–H groups in total. The molecule has 3 heterocycles. The summed E-state index contributed by atoms with van der Waals surface area (Å²) in [7, 11) is 0. The van der Waals surface area contributed by atoms with Gasteiger partial charge in [-0.05, 0) is 71.0 Å². The van der Waals surface area contributed by atoms with Crippen LogP contribution in [0.3, 0.4) is 0 Å². The maximum atomic E-state index is 13.1. The van der Waals surface area contributed by atoms with E-state index in [1.807, 2.05) is 23.1 Å². The van der Waals surface area contributed by atoms with Gasteiger partial charge in [-0.1, -0.05) is 12.8 Å². The van der Waals surface area contributed by atoms with Crippen molar-refractivity contribution in [3.05, 3.63) is 47.1 Å². The SMILES string of the molecule is Cc1csc(-c2cc(C(=O)N3CCCCCC3)cc(-n3cnnn3)c2)c1. The maximum absolute atomic E-state index is 13.1. The van der Waals surface area contributed by atoms with Crippen LogP contribution in [-0.4, -0.2) is 44.1 Å². The fraction of sp³-hybridized carbons (Fsp3) is 0.368. The standard InChI is InChI=1S/C19H21N5OS/c1-14-8-18(26-12-14)15-9-16(11-17(10-15)24-13-20-21-22-24)19(25)23-6-4-2-3-5-7-23/h8-13H,2-7H2,1H3. The average Bonchev–Trinajstić information content (AvgIpc) is 3.27. The monoisotopic (exact) mass is 367 g/mol. The van der Waals surface area contributed by atoms with Crippen LogP contribution < -0.4 is 0 Å². The Morgan fingerprint density at radius 3 is 2.54 bits per heavy atom. The van der Waals surface area contributed by atoms with Crippen LogP contribution in [0, 0.1) is 6.92 Å². The summed E-state index contributed by atoms with van der Waals surface area (Å²) in [6.07, 6.45) is 6.12. The van der Waals surface area contributed by atoms with Crippen molar-refractivity contribution < 1.29 is 4.79 Å². The predicted octanol–water partition coefficient (Wildman–Crippen LogP) is 3.72. The zero-order valence-corrected chi connectivity index (χ0v) is 15.6. The third-order valence-corrected chi connectivity index (χ3v) is 5.78. The molecule has 1 saturated heterocycles. The van der Waals surface area contributed by atoms with E-state index in [4.69, 9.17) is 0 Å². The lowest BCUT2D eigenvalue weighted by atomic mass is 10.1. The molecule has 2 aromatic heterocycles. The van der Waals surface area contributed by atoms with Crippen LogP contribution in [0.1, 0.15) is 41.6 Å². The number of likely N-dealkylation sites (tertiary alicyclic amines) is 1. The highest BCUT2D eigenvalue weighted by Crippen LogP contribution is 2.30. The summed E-state index contributed by atoms with van der Waals surface area (Å²) < 4.78 is 1.60. The minimum atomic E-state index is 0.0938. The number of amides is 1. The Hall–Kier alpha value is -2.54. The van der Waals surface area contributed by atoms with Gasteiger partial charge in [-0.2, -0.15) is 0 Å². The number of carbonyl (C=O) groups excluding carboxylic acids is 1. The van der Waals surface area contributed by atoms with Crippen LogP contribution in [0.15, 0.2) is 36.0 Å². The first kappa shape index (κ1) is 16.9. The van der Waals surface area contributed by atoms with Crippen molar-refractivity contribution in [1.29, 1.82) is 0 Å². The third kappa shape index (κ3) is 3.53. The molecule has 1 fully saturated rings. The molecule has 4 rings (SSSR count). The Morgan fingerprint density at radius 1 is 1.08 bits per heavy atom. The lowest BCUT2D eigenvalue weighted by Gasteiger charge is -2.21. The van der Waals surface area contributed by atoms with Gasteiger partial charge in [-0.15, -0.1) is 16.4 Å². The molecule has 1 amide bonds. The molecule has 1 aromatic carbocycles. The van der Waals surface area contributed by atoms with E-state index in [9.17, 15) is 4.79 Å². The van der Waals surface area contributed by atoms with Gasteiger partial charge < -0.3 is 4.90 Å². The van der Waals surface area contributed by atoms with Gasteiger partial charge in [0.15, 0.2) is 0 Å². The number of hydrogen-bond acceptors (Lipinski definition) is 5. The zero-order chi connectivity index (χ0) is 17.9. The minimum absolute atomic E-state index is 0.0938. The molecule has 0 aliphatic carbocycles. The molecule has 134 valence electrons. The summed E-state index contributed by atoms with van der Waals surface area (Å²) in [6.45, 7) is 3.75. The van der Waals surface area contributed by atoms with Crippen molar-refractivity contribution in [1.82, 2.24) is 25.1 Å². The lowest BCUT2D eigenvalue weighted by Crippen LogP contribution is -2.31. The largest absolute Gasteiger partial charge is 0.339 e. The van der Waals surface area contributed by atoms with Gasteiger partial charge in [-0.25, -0.2) is 4.68 Å². The van der Waals surface area contributed by atoms with E-state index < -0.39 is 0 Å². The first-order valence-electron chi connectivity index (χ1n) is 8.94. The van der Waals surface area contributed by atoms with Gasteiger partial charge in [0.2, 0.25) is 0 Å². The number of hydrogen-bond donors (Lipinski definition) is 0. The molecule has 0 bridgehead atoms. The second kappa shape index (κ2) is 7.37. The summed E-state index contributed by atoms with van der Waals surface area (Å²) in [6, 6.07) is 8.05. The summed E-state index contributed by atoms with van der Waals surface area (Å²) >= 11 is 1.68. The Morgan fingerprint density at radius 2 is 1.88 bits per heavy atom.